The lowest BCUT2D eigenvalue weighted by Gasteiger charge is -2.21. The van der Waals surface area contributed by atoms with Gasteiger partial charge in [0.15, 0.2) is 4.96 Å². The summed E-state index contributed by atoms with van der Waals surface area (Å²) < 4.78 is 46.7. The number of methoxy groups -OCH3 is 2. The van der Waals surface area contributed by atoms with Gasteiger partial charge in [0.25, 0.3) is 0 Å². The number of aromatic nitrogens is 2. The van der Waals surface area contributed by atoms with Crippen LogP contribution in [-0.2, 0) is 23.0 Å². The first-order valence-corrected chi connectivity index (χ1v) is 13.6. The zero-order valence-corrected chi connectivity index (χ0v) is 21.5. The summed E-state index contributed by atoms with van der Waals surface area (Å²) in [6.45, 7) is 0.424. The number of nitrogens with zero attached hydrogens (tertiary/aromatic N) is 3. The third-order valence-electron chi connectivity index (χ3n) is 5.88. The number of benzene rings is 2. The molecule has 0 atom stereocenters. The molecule has 3 heterocycles. The fourth-order valence-electron chi connectivity index (χ4n) is 3.99. The molecule has 0 fully saturated rings. The zero-order valence-electron chi connectivity index (χ0n) is 19.8. The summed E-state index contributed by atoms with van der Waals surface area (Å²) in [6, 6.07) is 17.6. The van der Waals surface area contributed by atoms with E-state index in [1.54, 1.807) is 62.9 Å². The Balaban J connectivity index is 1.44. The number of rotatable bonds is 10. The Morgan fingerprint density at radius 3 is 2.61 bits per heavy atom. The largest absolute Gasteiger partial charge is 0.497 e. The molecule has 0 N–H and O–H groups in total. The van der Waals surface area contributed by atoms with Gasteiger partial charge in [0, 0.05) is 35.8 Å². The summed E-state index contributed by atoms with van der Waals surface area (Å²) in [5.74, 6) is 1.99. The summed E-state index contributed by atoms with van der Waals surface area (Å²) in [5, 5.41) is 2.01. The molecular weight excluding hydrogens is 498 g/mol. The van der Waals surface area contributed by atoms with E-state index < -0.39 is 10.0 Å². The molecule has 36 heavy (non-hydrogen) atoms. The van der Waals surface area contributed by atoms with Gasteiger partial charge in [-0.3, -0.25) is 4.40 Å². The zero-order chi connectivity index (χ0) is 25.1. The maximum Gasteiger partial charge on any atom is 0.243 e. The molecule has 0 aliphatic carbocycles. The van der Waals surface area contributed by atoms with E-state index in [1.165, 1.54) is 15.6 Å². The third kappa shape index (κ3) is 4.75. The third-order valence-corrected chi connectivity index (χ3v) is 8.62. The minimum absolute atomic E-state index is 0.147. The van der Waals surface area contributed by atoms with Gasteiger partial charge in [0.1, 0.15) is 17.3 Å². The molecule has 8 nitrogen and oxygen atoms in total. The van der Waals surface area contributed by atoms with Crippen LogP contribution in [0.1, 0.15) is 11.5 Å². The van der Waals surface area contributed by atoms with E-state index in [-0.39, 0.29) is 18.0 Å². The van der Waals surface area contributed by atoms with E-state index in [1.807, 2.05) is 34.2 Å². The summed E-state index contributed by atoms with van der Waals surface area (Å²) in [4.78, 5) is 5.84. The minimum Gasteiger partial charge on any atom is -0.497 e. The van der Waals surface area contributed by atoms with Gasteiger partial charge in [-0.15, -0.1) is 11.3 Å². The Labute approximate surface area is 213 Å². The number of furan rings is 1. The Hall–Kier alpha value is -3.60. The number of imidazole rings is 1. The first-order chi connectivity index (χ1) is 17.5. The quantitative estimate of drug-likeness (QED) is 0.253. The number of sulfonamides is 1. The highest BCUT2D eigenvalue weighted by molar-refractivity contribution is 7.89. The predicted molar refractivity (Wildman–Crippen MR) is 138 cm³/mol. The molecule has 2 aromatic carbocycles. The van der Waals surface area contributed by atoms with Crippen molar-refractivity contribution in [1.82, 2.24) is 13.7 Å². The first kappa shape index (κ1) is 24.1. The number of ether oxygens (including phenoxy) is 2. The van der Waals surface area contributed by atoms with Crippen LogP contribution < -0.4 is 9.47 Å². The van der Waals surface area contributed by atoms with Crippen molar-refractivity contribution in [3.63, 3.8) is 0 Å². The van der Waals surface area contributed by atoms with Gasteiger partial charge in [-0.2, -0.15) is 4.31 Å². The van der Waals surface area contributed by atoms with Crippen LogP contribution in [0.15, 0.2) is 87.8 Å². The predicted octanol–water partition coefficient (Wildman–Crippen LogP) is 5.11. The van der Waals surface area contributed by atoms with Crippen molar-refractivity contribution in [3.05, 3.63) is 90.0 Å². The first-order valence-electron chi connectivity index (χ1n) is 11.2. The van der Waals surface area contributed by atoms with E-state index in [9.17, 15) is 8.42 Å². The normalized spacial score (nSPS) is 11.9. The molecule has 5 rings (SSSR count). The highest BCUT2D eigenvalue weighted by atomic mass is 32.2. The number of hydrogen-bond donors (Lipinski definition) is 0. The van der Waals surface area contributed by atoms with Crippen LogP contribution in [0.2, 0.25) is 0 Å². The fraction of sp³-hybridized carbons (Fsp3) is 0.192. The molecule has 186 valence electrons. The maximum atomic E-state index is 13.4. The lowest BCUT2D eigenvalue weighted by Crippen LogP contribution is -2.32. The molecule has 3 aromatic heterocycles. The Morgan fingerprint density at radius 1 is 1.06 bits per heavy atom. The Bertz CT molecular complexity index is 1560. The van der Waals surface area contributed by atoms with E-state index in [0.29, 0.717) is 23.7 Å². The lowest BCUT2D eigenvalue weighted by molar-refractivity contribution is 0.365. The van der Waals surface area contributed by atoms with Gasteiger partial charge in [-0.25, -0.2) is 13.4 Å². The molecular formula is C26H25N3O5S2. The molecule has 10 heteroatoms. The second kappa shape index (κ2) is 10.2. The van der Waals surface area contributed by atoms with Crippen LogP contribution in [0.5, 0.6) is 11.5 Å². The number of hydrogen-bond acceptors (Lipinski definition) is 7. The maximum absolute atomic E-state index is 13.4. The minimum atomic E-state index is -3.72. The van der Waals surface area contributed by atoms with Crippen LogP contribution in [0.4, 0.5) is 0 Å². The highest BCUT2D eigenvalue weighted by Gasteiger charge is 2.26. The average molecular weight is 524 g/mol. The highest BCUT2D eigenvalue weighted by Crippen LogP contribution is 2.34. The molecule has 5 aromatic rings. The van der Waals surface area contributed by atoms with E-state index in [0.717, 1.165) is 21.9 Å². The second-order valence-electron chi connectivity index (χ2n) is 8.05. The summed E-state index contributed by atoms with van der Waals surface area (Å²) in [5.41, 5.74) is 2.54. The standard InChI is InChI=1S/C26H25N3O5S2/c1-32-20-10-11-25(33-2)23(15-20)24-17-29-19(18-35-26(29)27-24)12-13-28(16-21-7-6-14-34-21)36(30,31)22-8-4-3-5-9-22/h3-11,14-15,17-18H,12-13,16H2,1-2H3. The van der Waals surface area contributed by atoms with Crippen molar-refractivity contribution in [2.45, 2.75) is 17.9 Å². The van der Waals surface area contributed by atoms with E-state index in [2.05, 4.69) is 0 Å². The molecule has 0 aliphatic heterocycles. The van der Waals surface area contributed by atoms with Crippen molar-refractivity contribution >= 4 is 26.3 Å². The van der Waals surface area contributed by atoms with Crippen molar-refractivity contribution in [2.24, 2.45) is 0 Å². The monoisotopic (exact) mass is 523 g/mol. The molecule has 0 radical (unpaired) electrons. The van der Waals surface area contributed by atoms with Gasteiger partial charge in [-0.05, 0) is 42.5 Å². The Morgan fingerprint density at radius 2 is 1.89 bits per heavy atom. The van der Waals surface area contributed by atoms with Crippen molar-refractivity contribution in [3.8, 4) is 22.8 Å². The Kier molecular flexibility index (Phi) is 6.82. The van der Waals surface area contributed by atoms with Crippen LogP contribution in [0, 0.1) is 0 Å². The van der Waals surface area contributed by atoms with Crippen LogP contribution in [-0.4, -0.2) is 42.9 Å². The van der Waals surface area contributed by atoms with E-state index in [4.69, 9.17) is 18.9 Å². The molecule has 0 bridgehead atoms. The topological polar surface area (TPSA) is 86.3 Å². The SMILES string of the molecule is COc1ccc(OC)c(-c2cn3c(CCN(Cc4ccco4)S(=O)(=O)c4ccccc4)csc3n2)c1. The average Bonchev–Trinajstić information content (AvgIpc) is 3.65. The van der Waals surface area contributed by atoms with Crippen molar-refractivity contribution in [1.29, 1.82) is 0 Å². The van der Waals surface area contributed by atoms with Crippen LogP contribution in [0.3, 0.4) is 0 Å². The van der Waals surface area contributed by atoms with Gasteiger partial charge in [-0.1, -0.05) is 18.2 Å². The molecule has 0 amide bonds. The van der Waals surface area contributed by atoms with Crippen LogP contribution >= 0.6 is 11.3 Å². The number of fused-ring (bicyclic) bond motifs is 1. The van der Waals surface area contributed by atoms with Gasteiger partial charge in [0.05, 0.1) is 37.6 Å². The smallest absolute Gasteiger partial charge is 0.243 e. The second-order valence-corrected chi connectivity index (χ2v) is 10.8. The molecule has 0 aliphatic rings. The summed E-state index contributed by atoms with van der Waals surface area (Å²) in [7, 11) is -0.477. The summed E-state index contributed by atoms with van der Waals surface area (Å²) >= 11 is 1.51. The lowest BCUT2D eigenvalue weighted by atomic mass is 10.1. The van der Waals surface area contributed by atoms with Crippen LogP contribution in [0.25, 0.3) is 16.2 Å². The van der Waals surface area contributed by atoms with E-state index >= 15 is 0 Å². The van der Waals surface area contributed by atoms with Gasteiger partial charge < -0.3 is 13.9 Å². The molecule has 0 saturated heterocycles. The number of thiazole rings is 1. The van der Waals surface area contributed by atoms with Crippen molar-refractivity contribution < 1.29 is 22.3 Å². The fourth-order valence-corrected chi connectivity index (χ4v) is 6.33. The molecule has 0 unspecified atom stereocenters. The molecule has 0 spiro atoms. The molecule has 0 saturated carbocycles. The summed E-state index contributed by atoms with van der Waals surface area (Å²) in [6.07, 6.45) is 3.99. The van der Waals surface area contributed by atoms with Crippen molar-refractivity contribution in [2.75, 3.05) is 20.8 Å². The van der Waals surface area contributed by atoms with Gasteiger partial charge >= 0.3 is 0 Å². The van der Waals surface area contributed by atoms with Gasteiger partial charge in [0.2, 0.25) is 10.0 Å².